The van der Waals surface area contributed by atoms with Gasteiger partial charge in [0, 0.05) is 12.6 Å². The number of hydrogen-bond donors (Lipinski definition) is 1. The van der Waals surface area contributed by atoms with Crippen LogP contribution in [0.25, 0.3) is 0 Å². The molecule has 1 aromatic rings. The lowest BCUT2D eigenvalue weighted by molar-refractivity contribution is -0.274. The first-order valence-electron chi connectivity index (χ1n) is 7.02. The average molecular weight is 287 g/mol. The molecule has 0 radical (unpaired) electrons. The van der Waals surface area contributed by atoms with Gasteiger partial charge in [-0.05, 0) is 36.5 Å². The summed E-state index contributed by atoms with van der Waals surface area (Å²) >= 11 is 0. The topological polar surface area (TPSA) is 21.3 Å². The Kier molecular flexibility index (Phi) is 4.91. The van der Waals surface area contributed by atoms with E-state index in [0.29, 0.717) is 18.5 Å². The third-order valence-electron chi connectivity index (χ3n) is 3.84. The van der Waals surface area contributed by atoms with Gasteiger partial charge in [-0.2, -0.15) is 0 Å². The lowest BCUT2D eigenvalue weighted by Gasteiger charge is -2.29. The van der Waals surface area contributed by atoms with Crippen LogP contribution in [-0.4, -0.2) is 12.4 Å². The summed E-state index contributed by atoms with van der Waals surface area (Å²) in [5, 5.41) is 3.49. The third-order valence-corrected chi connectivity index (χ3v) is 3.84. The van der Waals surface area contributed by atoms with Crippen molar-refractivity contribution < 1.29 is 17.9 Å². The fourth-order valence-electron chi connectivity index (χ4n) is 2.68. The van der Waals surface area contributed by atoms with E-state index in [0.717, 1.165) is 5.56 Å². The number of alkyl halides is 3. The van der Waals surface area contributed by atoms with Gasteiger partial charge in [-0.25, -0.2) is 0 Å². The Morgan fingerprint density at radius 3 is 2.40 bits per heavy atom. The second-order valence-corrected chi connectivity index (χ2v) is 5.44. The number of hydrogen-bond acceptors (Lipinski definition) is 2. The van der Waals surface area contributed by atoms with E-state index < -0.39 is 6.36 Å². The molecule has 2 atom stereocenters. The predicted octanol–water partition coefficient (Wildman–Crippen LogP) is 4.25. The van der Waals surface area contributed by atoms with Crippen molar-refractivity contribution in [1.82, 2.24) is 5.32 Å². The Hall–Kier alpha value is -1.23. The van der Waals surface area contributed by atoms with E-state index in [1.54, 1.807) is 12.1 Å². The van der Waals surface area contributed by atoms with E-state index in [9.17, 15) is 13.2 Å². The smallest absolute Gasteiger partial charge is 0.406 e. The molecule has 0 bridgehead atoms. The largest absolute Gasteiger partial charge is 0.573 e. The lowest BCUT2D eigenvalue weighted by Crippen LogP contribution is -2.36. The summed E-state index contributed by atoms with van der Waals surface area (Å²) in [6.45, 7) is 2.93. The minimum absolute atomic E-state index is 0.174. The van der Waals surface area contributed by atoms with Gasteiger partial charge in [-0.1, -0.05) is 31.9 Å². The standard InChI is InChI=1S/C15H20F3NO/c1-11-4-2-3-5-14(11)19-10-12-6-8-13(9-7-12)20-15(16,17)18/h6-9,11,14,19H,2-5,10H2,1H3. The highest BCUT2D eigenvalue weighted by atomic mass is 19.4. The van der Waals surface area contributed by atoms with Crippen LogP contribution in [0, 0.1) is 5.92 Å². The summed E-state index contributed by atoms with van der Waals surface area (Å²) in [5.41, 5.74) is 0.970. The van der Waals surface area contributed by atoms with Crippen LogP contribution < -0.4 is 10.1 Å². The summed E-state index contributed by atoms with van der Waals surface area (Å²) < 4.78 is 40.0. The highest BCUT2D eigenvalue weighted by Crippen LogP contribution is 2.25. The summed E-state index contributed by atoms with van der Waals surface area (Å²) in [4.78, 5) is 0. The zero-order valence-corrected chi connectivity index (χ0v) is 11.5. The Bertz CT molecular complexity index is 416. The van der Waals surface area contributed by atoms with E-state index >= 15 is 0 Å². The van der Waals surface area contributed by atoms with Crippen molar-refractivity contribution in [2.24, 2.45) is 5.92 Å². The first-order valence-corrected chi connectivity index (χ1v) is 7.02. The fourth-order valence-corrected chi connectivity index (χ4v) is 2.68. The van der Waals surface area contributed by atoms with E-state index in [1.807, 2.05) is 0 Å². The molecule has 0 aromatic heterocycles. The first-order chi connectivity index (χ1) is 9.44. The van der Waals surface area contributed by atoms with Gasteiger partial charge in [0.15, 0.2) is 0 Å². The molecular formula is C15H20F3NO. The number of benzene rings is 1. The van der Waals surface area contributed by atoms with Gasteiger partial charge < -0.3 is 10.1 Å². The maximum atomic E-state index is 12.0. The van der Waals surface area contributed by atoms with Crippen LogP contribution in [0.1, 0.15) is 38.2 Å². The molecule has 0 saturated heterocycles. The monoisotopic (exact) mass is 287 g/mol. The van der Waals surface area contributed by atoms with E-state index in [2.05, 4.69) is 17.0 Å². The molecule has 112 valence electrons. The molecule has 1 aliphatic carbocycles. The summed E-state index contributed by atoms with van der Waals surface area (Å²) in [5.74, 6) is 0.490. The average Bonchev–Trinajstić information content (AvgIpc) is 2.38. The van der Waals surface area contributed by atoms with Gasteiger partial charge in [0.05, 0.1) is 0 Å². The molecule has 2 unspecified atom stereocenters. The van der Waals surface area contributed by atoms with Crippen molar-refractivity contribution in [3.05, 3.63) is 29.8 Å². The van der Waals surface area contributed by atoms with Crippen LogP contribution in [0.3, 0.4) is 0 Å². The fraction of sp³-hybridized carbons (Fsp3) is 0.600. The highest BCUT2D eigenvalue weighted by molar-refractivity contribution is 5.27. The molecule has 1 aliphatic rings. The van der Waals surface area contributed by atoms with Crippen LogP contribution >= 0.6 is 0 Å². The molecule has 1 fully saturated rings. The van der Waals surface area contributed by atoms with Crippen LogP contribution in [-0.2, 0) is 6.54 Å². The van der Waals surface area contributed by atoms with Crippen LogP contribution in [0.15, 0.2) is 24.3 Å². The minimum Gasteiger partial charge on any atom is -0.406 e. The predicted molar refractivity (Wildman–Crippen MR) is 71.4 cm³/mol. The van der Waals surface area contributed by atoms with E-state index in [1.165, 1.54) is 37.8 Å². The summed E-state index contributed by atoms with van der Waals surface area (Å²) in [6.07, 6.45) is 0.340. The van der Waals surface area contributed by atoms with Crippen molar-refractivity contribution >= 4 is 0 Å². The van der Waals surface area contributed by atoms with Crippen molar-refractivity contribution in [2.75, 3.05) is 0 Å². The molecule has 1 saturated carbocycles. The normalized spacial score (nSPS) is 23.6. The molecule has 0 aliphatic heterocycles. The van der Waals surface area contributed by atoms with Crippen LogP contribution in [0.5, 0.6) is 5.75 Å². The van der Waals surface area contributed by atoms with Crippen LogP contribution in [0.2, 0.25) is 0 Å². The summed E-state index contributed by atoms with van der Waals surface area (Å²) in [7, 11) is 0. The van der Waals surface area contributed by atoms with E-state index in [-0.39, 0.29) is 5.75 Å². The van der Waals surface area contributed by atoms with Gasteiger partial charge in [-0.3, -0.25) is 0 Å². The Labute approximate surface area is 117 Å². The van der Waals surface area contributed by atoms with E-state index in [4.69, 9.17) is 0 Å². The molecule has 1 aromatic carbocycles. The number of nitrogens with one attached hydrogen (secondary N) is 1. The van der Waals surface area contributed by atoms with Crippen molar-refractivity contribution in [3.63, 3.8) is 0 Å². The third kappa shape index (κ3) is 4.71. The van der Waals surface area contributed by atoms with Gasteiger partial charge in [-0.15, -0.1) is 13.2 Å². The molecule has 20 heavy (non-hydrogen) atoms. The zero-order chi connectivity index (χ0) is 14.6. The highest BCUT2D eigenvalue weighted by Gasteiger charge is 2.30. The molecule has 0 spiro atoms. The molecule has 0 amide bonds. The van der Waals surface area contributed by atoms with Gasteiger partial charge in [0.25, 0.3) is 0 Å². The number of halogens is 3. The molecule has 5 heteroatoms. The molecule has 1 N–H and O–H groups in total. The molecular weight excluding hydrogens is 267 g/mol. The maximum absolute atomic E-state index is 12.0. The SMILES string of the molecule is CC1CCCCC1NCc1ccc(OC(F)(F)F)cc1. The van der Waals surface area contributed by atoms with Crippen LogP contribution in [0.4, 0.5) is 13.2 Å². The molecule has 0 heterocycles. The zero-order valence-electron chi connectivity index (χ0n) is 11.5. The quantitative estimate of drug-likeness (QED) is 0.893. The van der Waals surface area contributed by atoms with Gasteiger partial charge in [0.2, 0.25) is 0 Å². The minimum atomic E-state index is -4.63. The summed E-state index contributed by atoms with van der Waals surface area (Å²) in [6, 6.07) is 6.56. The lowest BCUT2D eigenvalue weighted by atomic mass is 9.86. The Morgan fingerprint density at radius 1 is 1.15 bits per heavy atom. The molecule has 2 nitrogen and oxygen atoms in total. The Balaban J connectivity index is 1.84. The van der Waals surface area contributed by atoms with Gasteiger partial charge in [0.1, 0.15) is 5.75 Å². The number of ether oxygens (including phenoxy) is 1. The Morgan fingerprint density at radius 2 is 1.80 bits per heavy atom. The maximum Gasteiger partial charge on any atom is 0.573 e. The van der Waals surface area contributed by atoms with Crippen molar-refractivity contribution in [2.45, 2.75) is 51.6 Å². The number of rotatable bonds is 4. The van der Waals surface area contributed by atoms with Gasteiger partial charge >= 0.3 is 6.36 Å². The second kappa shape index (κ2) is 6.48. The van der Waals surface area contributed by atoms with Crippen molar-refractivity contribution in [3.8, 4) is 5.75 Å². The molecule has 2 rings (SSSR count). The van der Waals surface area contributed by atoms with Crippen molar-refractivity contribution in [1.29, 1.82) is 0 Å². The second-order valence-electron chi connectivity index (χ2n) is 5.44. The first kappa shape index (κ1) is 15.2.